The molecule has 6 heteroatoms. The molecule has 1 aromatic carbocycles. The third-order valence-electron chi connectivity index (χ3n) is 2.01. The second kappa shape index (κ2) is 4.31. The molecule has 15 heavy (non-hydrogen) atoms. The molecule has 80 valence electrons. The van der Waals surface area contributed by atoms with E-state index in [4.69, 9.17) is 0 Å². The zero-order valence-electron chi connectivity index (χ0n) is 7.87. The van der Waals surface area contributed by atoms with Gasteiger partial charge in [-0.25, -0.2) is 8.78 Å². The Morgan fingerprint density at radius 2 is 2.07 bits per heavy atom. The van der Waals surface area contributed by atoms with Crippen molar-refractivity contribution in [2.24, 2.45) is 0 Å². The first kappa shape index (κ1) is 9.97. The topological polar surface area (TPSA) is 53.6 Å². The summed E-state index contributed by atoms with van der Waals surface area (Å²) < 4.78 is 23.7. The van der Waals surface area contributed by atoms with Crippen LogP contribution in [0.3, 0.4) is 0 Å². The van der Waals surface area contributed by atoms with Gasteiger partial charge in [-0.15, -0.1) is 0 Å². The second-order valence-corrected chi connectivity index (χ2v) is 3.17. The number of nitrogens with one attached hydrogen (secondary N) is 2. The van der Waals surface area contributed by atoms with Crippen molar-refractivity contribution in [3.8, 4) is 0 Å². The first-order chi connectivity index (χ1) is 7.25. The zero-order chi connectivity index (χ0) is 10.7. The van der Waals surface area contributed by atoms with Crippen molar-refractivity contribution in [1.29, 1.82) is 0 Å². The van der Waals surface area contributed by atoms with Crippen LogP contribution in [0.1, 0.15) is 5.56 Å². The van der Waals surface area contributed by atoms with Crippen LogP contribution < -0.4 is 5.32 Å². The Hall–Kier alpha value is -1.56. The van der Waals surface area contributed by atoms with Gasteiger partial charge in [0.25, 0.3) is 6.43 Å². The fourth-order valence-corrected chi connectivity index (χ4v) is 1.32. The minimum atomic E-state index is -2.32. The van der Waals surface area contributed by atoms with Gasteiger partial charge in [0.2, 0.25) is 0 Å². The van der Waals surface area contributed by atoms with E-state index in [1.807, 2.05) is 12.1 Å². The van der Waals surface area contributed by atoms with Crippen molar-refractivity contribution in [3.63, 3.8) is 0 Å². The molecule has 0 bridgehead atoms. The minimum absolute atomic E-state index is 0.295. The van der Waals surface area contributed by atoms with Crippen molar-refractivity contribution in [2.75, 3.05) is 6.54 Å². The highest BCUT2D eigenvalue weighted by atomic mass is 19.3. The van der Waals surface area contributed by atoms with Crippen molar-refractivity contribution < 1.29 is 8.78 Å². The predicted octanol–water partition coefficient (Wildman–Crippen LogP) is 1.31. The van der Waals surface area contributed by atoms with E-state index in [0.717, 1.165) is 16.6 Å². The summed E-state index contributed by atoms with van der Waals surface area (Å²) in [6, 6.07) is 5.46. The Labute approximate surface area is 84.7 Å². The van der Waals surface area contributed by atoms with Crippen LogP contribution in [-0.4, -0.2) is 28.4 Å². The van der Waals surface area contributed by atoms with Crippen LogP contribution in [0.4, 0.5) is 8.78 Å². The molecule has 0 saturated carbocycles. The van der Waals surface area contributed by atoms with E-state index in [9.17, 15) is 8.78 Å². The van der Waals surface area contributed by atoms with Crippen molar-refractivity contribution in [2.45, 2.75) is 13.0 Å². The molecule has 1 aromatic heterocycles. The maximum Gasteiger partial charge on any atom is 0.250 e. The SMILES string of the molecule is FC(F)CNCc1ccc2n[nH]nc2c1. The number of aromatic nitrogens is 3. The van der Waals surface area contributed by atoms with Crippen molar-refractivity contribution in [3.05, 3.63) is 23.8 Å². The molecule has 0 amide bonds. The van der Waals surface area contributed by atoms with Gasteiger partial charge in [0.1, 0.15) is 11.0 Å². The molecule has 0 aliphatic carbocycles. The Morgan fingerprint density at radius 1 is 1.27 bits per heavy atom. The van der Waals surface area contributed by atoms with Gasteiger partial charge in [0.05, 0.1) is 6.54 Å². The van der Waals surface area contributed by atoms with Crippen LogP contribution in [0.15, 0.2) is 18.2 Å². The lowest BCUT2D eigenvalue weighted by Crippen LogP contribution is -2.20. The average molecular weight is 212 g/mol. The summed E-state index contributed by atoms with van der Waals surface area (Å²) in [6.07, 6.45) is -2.32. The van der Waals surface area contributed by atoms with Gasteiger partial charge in [-0.1, -0.05) is 6.07 Å². The predicted molar refractivity (Wildman–Crippen MR) is 51.6 cm³/mol. The lowest BCUT2D eigenvalue weighted by atomic mass is 10.2. The molecular formula is C9H10F2N4. The monoisotopic (exact) mass is 212 g/mol. The number of nitrogens with zero attached hydrogens (tertiary/aromatic N) is 2. The van der Waals surface area contributed by atoms with Crippen LogP contribution >= 0.6 is 0 Å². The molecule has 0 saturated heterocycles. The molecular weight excluding hydrogens is 202 g/mol. The normalized spacial score (nSPS) is 11.4. The number of halogens is 2. The molecule has 0 radical (unpaired) electrons. The van der Waals surface area contributed by atoms with Crippen molar-refractivity contribution >= 4 is 11.0 Å². The molecule has 1 heterocycles. The molecule has 4 nitrogen and oxygen atoms in total. The highest BCUT2D eigenvalue weighted by Crippen LogP contribution is 2.10. The molecule has 0 unspecified atom stereocenters. The summed E-state index contributed by atoms with van der Waals surface area (Å²) in [5.74, 6) is 0. The number of hydrogen-bond donors (Lipinski definition) is 2. The van der Waals surface area contributed by atoms with E-state index in [1.54, 1.807) is 6.07 Å². The molecule has 2 aromatic rings. The van der Waals surface area contributed by atoms with E-state index < -0.39 is 6.43 Å². The zero-order valence-corrected chi connectivity index (χ0v) is 7.87. The van der Waals surface area contributed by atoms with Crippen LogP contribution in [0, 0.1) is 0 Å². The highest BCUT2D eigenvalue weighted by Gasteiger charge is 2.02. The number of fused-ring (bicyclic) bond motifs is 1. The highest BCUT2D eigenvalue weighted by molar-refractivity contribution is 5.74. The van der Waals surface area contributed by atoms with E-state index in [1.165, 1.54) is 0 Å². The number of alkyl halides is 2. The summed E-state index contributed by atoms with van der Waals surface area (Å²) in [7, 11) is 0. The van der Waals surface area contributed by atoms with Crippen LogP contribution in [0.2, 0.25) is 0 Å². The third kappa shape index (κ3) is 2.47. The summed E-state index contributed by atoms with van der Waals surface area (Å²) in [5, 5.41) is 13.0. The smallest absolute Gasteiger partial charge is 0.250 e. The maximum absolute atomic E-state index is 11.9. The Bertz CT molecular complexity index is 440. The molecule has 2 rings (SSSR count). The third-order valence-corrected chi connectivity index (χ3v) is 2.01. The van der Waals surface area contributed by atoms with Gasteiger partial charge in [-0.3, -0.25) is 0 Å². The van der Waals surface area contributed by atoms with Crippen LogP contribution in [0.25, 0.3) is 11.0 Å². The number of H-pyrrole nitrogens is 1. The van der Waals surface area contributed by atoms with Gasteiger partial charge in [-0.2, -0.15) is 15.4 Å². The second-order valence-electron chi connectivity index (χ2n) is 3.17. The van der Waals surface area contributed by atoms with E-state index in [-0.39, 0.29) is 6.54 Å². The van der Waals surface area contributed by atoms with Gasteiger partial charge in [-0.05, 0) is 17.7 Å². The van der Waals surface area contributed by atoms with E-state index in [2.05, 4.69) is 20.7 Å². The summed E-state index contributed by atoms with van der Waals surface area (Å²) in [4.78, 5) is 0. The average Bonchev–Trinajstić information content (AvgIpc) is 2.64. The summed E-state index contributed by atoms with van der Waals surface area (Å²) >= 11 is 0. The van der Waals surface area contributed by atoms with Crippen molar-refractivity contribution in [1.82, 2.24) is 20.7 Å². The Morgan fingerprint density at radius 3 is 2.87 bits per heavy atom. The number of aromatic amines is 1. The molecule has 0 atom stereocenters. The Balaban J connectivity index is 2.02. The summed E-state index contributed by atoms with van der Waals surface area (Å²) in [5.41, 5.74) is 2.43. The lowest BCUT2D eigenvalue weighted by Gasteiger charge is -2.03. The standard InChI is InChI=1S/C9H10F2N4/c10-9(11)5-12-4-6-1-2-7-8(3-6)14-15-13-7/h1-3,9,12H,4-5H2,(H,13,14,15). The molecule has 0 aliphatic heterocycles. The van der Waals surface area contributed by atoms with Crippen LogP contribution in [-0.2, 0) is 6.54 Å². The number of benzene rings is 1. The lowest BCUT2D eigenvalue weighted by molar-refractivity contribution is 0.145. The van der Waals surface area contributed by atoms with Crippen LogP contribution in [0.5, 0.6) is 0 Å². The van der Waals surface area contributed by atoms with E-state index in [0.29, 0.717) is 6.54 Å². The molecule has 0 aliphatic rings. The largest absolute Gasteiger partial charge is 0.307 e. The summed E-state index contributed by atoms with van der Waals surface area (Å²) in [6.45, 7) is 0.115. The number of hydrogen-bond acceptors (Lipinski definition) is 3. The quantitative estimate of drug-likeness (QED) is 0.803. The molecule has 0 spiro atoms. The molecule has 0 fully saturated rings. The van der Waals surface area contributed by atoms with Gasteiger partial charge >= 0.3 is 0 Å². The van der Waals surface area contributed by atoms with Gasteiger partial charge in [0.15, 0.2) is 0 Å². The maximum atomic E-state index is 11.9. The number of rotatable bonds is 4. The fourth-order valence-electron chi connectivity index (χ4n) is 1.32. The fraction of sp³-hybridized carbons (Fsp3) is 0.333. The molecule has 2 N–H and O–H groups in total. The first-order valence-corrected chi connectivity index (χ1v) is 4.54. The van der Waals surface area contributed by atoms with Gasteiger partial charge < -0.3 is 5.32 Å². The van der Waals surface area contributed by atoms with Gasteiger partial charge in [0, 0.05) is 6.54 Å². The first-order valence-electron chi connectivity index (χ1n) is 4.54. The van der Waals surface area contributed by atoms with E-state index >= 15 is 0 Å². The minimum Gasteiger partial charge on any atom is -0.307 e. The Kier molecular flexibility index (Phi) is 2.86.